The number of halogens is 2. The zero-order valence-corrected chi connectivity index (χ0v) is 11.6. The summed E-state index contributed by atoms with van der Waals surface area (Å²) in [6.07, 6.45) is 3.38. The SMILES string of the molecule is O=[N+]([O-])c1cc(Br)ccc1Cn1ccnc1CCl. The van der Waals surface area contributed by atoms with Crippen LogP contribution in [0.5, 0.6) is 0 Å². The summed E-state index contributed by atoms with van der Waals surface area (Å²) in [6.45, 7) is 0.381. The third-order valence-corrected chi connectivity index (χ3v) is 3.24. The van der Waals surface area contributed by atoms with E-state index in [4.69, 9.17) is 11.6 Å². The van der Waals surface area contributed by atoms with E-state index in [2.05, 4.69) is 20.9 Å². The van der Waals surface area contributed by atoms with Crippen LogP contribution in [0.3, 0.4) is 0 Å². The van der Waals surface area contributed by atoms with Crippen molar-refractivity contribution in [3.05, 3.63) is 56.6 Å². The Kier molecular flexibility index (Phi) is 3.98. The maximum Gasteiger partial charge on any atom is 0.275 e. The molecule has 1 heterocycles. The van der Waals surface area contributed by atoms with Crippen molar-refractivity contribution in [3.63, 3.8) is 0 Å². The normalized spacial score (nSPS) is 10.6. The van der Waals surface area contributed by atoms with Crippen LogP contribution in [0, 0.1) is 10.1 Å². The van der Waals surface area contributed by atoms with Crippen molar-refractivity contribution in [2.24, 2.45) is 0 Å². The average Bonchev–Trinajstić information content (AvgIpc) is 2.78. The second-order valence-corrected chi connectivity index (χ2v) is 4.82. The summed E-state index contributed by atoms with van der Waals surface area (Å²) in [5.41, 5.74) is 0.700. The van der Waals surface area contributed by atoms with Crippen LogP contribution in [0.2, 0.25) is 0 Å². The molecule has 0 bridgehead atoms. The molecule has 2 rings (SSSR count). The molecular weight excluding hydrogens is 321 g/mol. The highest BCUT2D eigenvalue weighted by Crippen LogP contribution is 2.24. The van der Waals surface area contributed by atoms with Gasteiger partial charge in [-0.25, -0.2) is 4.98 Å². The van der Waals surface area contributed by atoms with Crippen LogP contribution in [-0.4, -0.2) is 14.5 Å². The lowest BCUT2D eigenvalue weighted by atomic mass is 10.2. The molecule has 7 heteroatoms. The fraction of sp³-hybridized carbons (Fsp3) is 0.182. The van der Waals surface area contributed by atoms with Crippen LogP contribution < -0.4 is 0 Å². The van der Waals surface area contributed by atoms with Crippen LogP contribution >= 0.6 is 27.5 Å². The predicted octanol–water partition coefficient (Wildman–Crippen LogP) is 3.34. The quantitative estimate of drug-likeness (QED) is 0.491. The number of aromatic nitrogens is 2. The van der Waals surface area contributed by atoms with Gasteiger partial charge in [0.25, 0.3) is 5.69 Å². The molecule has 0 aliphatic carbocycles. The lowest BCUT2D eigenvalue weighted by Gasteiger charge is -2.07. The van der Waals surface area contributed by atoms with E-state index < -0.39 is 4.92 Å². The average molecular weight is 331 g/mol. The summed E-state index contributed by atoms with van der Waals surface area (Å²) in [7, 11) is 0. The topological polar surface area (TPSA) is 61.0 Å². The summed E-state index contributed by atoms with van der Waals surface area (Å²) in [4.78, 5) is 14.7. The Morgan fingerprint density at radius 1 is 1.50 bits per heavy atom. The van der Waals surface area contributed by atoms with Crippen molar-refractivity contribution in [2.45, 2.75) is 12.4 Å². The van der Waals surface area contributed by atoms with Gasteiger partial charge in [0.05, 0.1) is 17.3 Å². The molecule has 94 valence electrons. The number of nitro groups is 1. The predicted molar refractivity (Wildman–Crippen MR) is 71.7 cm³/mol. The molecule has 0 aliphatic heterocycles. The van der Waals surface area contributed by atoms with E-state index >= 15 is 0 Å². The summed E-state index contributed by atoms with van der Waals surface area (Å²) in [6, 6.07) is 4.99. The Bertz CT molecular complexity index is 585. The fourth-order valence-electron chi connectivity index (χ4n) is 1.64. The molecule has 0 N–H and O–H groups in total. The largest absolute Gasteiger partial charge is 0.329 e. The van der Waals surface area contributed by atoms with Gasteiger partial charge in [-0.3, -0.25) is 10.1 Å². The molecule has 5 nitrogen and oxygen atoms in total. The molecule has 1 aromatic carbocycles. The number of rotatable bonds is 4. The second kappa shape index (κ2) is 5.49. The number of hydrogen-bond acceptors (Lipinski definition) is 3. The Hall–Kier alpha value is -1.40. The first kappa shape index (κ1) is 13.0. The molecule has 0 unspecified atom stereocenters. The van der Waals surface area contributed by atoms with Crippen LogP contribution in [-0.2, 0) is 12.4 Å². The highest BCUT2D eigenvalue weighted by atomic mass is 79.9. The van der Waals surface area contributed by atoms with Crippen LogP contribution in [0.4, 0.5) is 5.69 Å². The molecule has 0 saturated carbocycles. The molecule has 18 heavy (non-hydrogen) atoms. The molecule has 0 aliphatic rings. The van der Waals surface area contributed by atoms with E-state index in [-0.39, 0.29) is 11.6 Å². The molecule has 1 aromatic heterocycles. The molecule has 2 aromatic rings. The van der Waals surface area contributed by atoms with Crippen molar-refractivity contribution in [1.82, 2.24) is 9.55 Å². The van der Waals surface area contributed by atoms with Crippen LogP contribution in [0.25, 0.3) is 0 Å². The Balaban J connectivity index is 2.37. The van der Waals surface area contributed by atoms with Crippen molar-refractivity contribution >= 4 is 33.2 Å². The van der Waals surface area contributed by atoms with E-state index in [1.165, 1.54) is 6.07 Å². The minimum atomic E-state index is -0.391. The van der Waals surface area contributed by atoms with Gasteiger partial charge in [-0.1, -0.05) is 15.9 Å². The maximum atomic E-state index is 11.0. The van der Waals surface area contributed by atoms with E-state index in [0.717, 1.165) is 0 Å². The van der Waals surface area contributed by atoms with Gasteiger partial charge in [-0.2, -0.15) is 0 Å². The molecule has 0 fully saturated rings. The number of nitrogens with zero attached hydrogens (tertiary/aromatic N) is 3. The minimum Gasteiger partial charge on any atom is -0.329 e. The highest BCUT2D eigenvalue weighted by Gasteiger charge is 2.15. The zero-order chi connectivity index (χ0) is 13.1. The third-order valence-electron chi connectivity index (χ3n) is 2.51. The lowest BCUT2D eigenvalue weighted by molar-refractivity contribution is -0.385. The maximum absolute atomic E-state index is 11.0. The number of hydrogen-bond donors (Lipinski definition) is 0. The van der Waals surface area contributed by atoms with Crippen molar-refractivity contribution in [1.29, 1.82) is 0 Å². The minimum absolute atomic E-state index is 0.0820. The summed E-state index contributed by atoms with van der Waals surface area (Å²) < 4.78 is 2.48. The lowest BCUT2D eigenvalue weighted by Crippen LogP contribution is -2.05. The molecule has 0 saturated heterocycles. The van der Waals surface area contributed by atoms with Gasteiger partial charge in [0.1, 0.15) is 5.82 Å². The van der Waals surface area contributed by atoms with Gasteiger partial charge in [0.2, 0.25) is 0 Å². The summed E-state index contributed by atoms with van der Waals surface area (Å²) in [5, 5.41) is 11.0. The highest BCUT2D eigenvalue weighted by molar-refractivity contribution is 9.10. The smallest absolute Gasteiger partial charge is 0.275 e. The van der Waals surface area contributed by atoms with Gasteiger partial charge in [0.15, 0.2) is 0 Å². The van der Waals surface area contributed by atoms with E-state index in [9.17, 15) is 10.1 Å². The fourth-order valence-corrected chi connectivity index (χ4v) is 2.21. The van der Waals surface area contributed by atoms with E-state index in [0.29, 0.717) is 22.4 Å². The van der Waals surface area contributed by atoms with Crippen molar-refractivity contribution < 1.29 is 4.92 Å². The van der Waals surface area contributed by atoms with Gasteiger partial charge in [0, 0.05) is 28.5 Å². The molecular formula is C11H9BrClN3O2. The first-order valence-corrected chi connectivity index (χ1v) is 6.43. The monoisotopic (exact) mass is 329 g/mol. The number of nitro benzene ring substituents is 1. The Morgan fingerprint density at radius 2 is 2.28 bits per heavy atom. The first-order valence-electron chi connectivity index (χ1n) is 5.10. The van der Waals surface area contributed by atoms with Crippen molar-refractivity contribution in [2.75, 3.05) is 0 Å². The standard InChI is InChI=1S/C11H9BrClN3O2/c12-9-2-1-8(10(5-9)16(17)18)7-15-4-3-14-11(15)6-13/h1-5H,6-7H2. The number of imidazole rings is 1. The third kappa shape index (κ3) is 2.70. The Labute approximate surface area is 117 Å². The van der Waals surface area contributed by atoms with E-state index in [1.54, 1.807) is 29.1 Å². The van der Waals surface area contributed by atoms with Gasteiger partial charge < -0.3 is 4.57 Å². The molecule has 0 radical (unpaired) electrons. The first-order chi connectivity index (χ1) is 8.61. The molecule has 0 spiro atoms. The second-order valence-electron chi connectivity index (χ2n) is 3.64. The Morgan fingerprint density at radius 3 is 2.94 bits per heavy atom. The summed E-state index contributed by atoms with van der Waals surface area (Å²) in [5.74, 6) is 0.964. The molecule has 0 amide bonds. The van der Waals surface area contributed by atoms with Crippen LogP contribution in [0.1, 0.15) is 11.4 Å². The van der Waals surface area contributed by atoms with E-state index in [1.807, 2.05) is 0 Å². The molecule has 0 atom stereocenters. The number of benzene rings is 1. The zero-order valence-electron chi connectivity index (χ0n) is 9.22. The summed E-state index contributed by atoms with van der Waals surface area (Å²) >= 11 is 8.97. The van der Waals surface area contributed by atoms with Crippen LogP contribution in [0.15, 0.2) is 35.1 Å². The van der Waals surface area contributed by atoms with Crippen molar-refractivity contribution in [3.8, 4) is 0 Å². The van der Waals surface area contributed by atoms with Gasteiger partial charge >= 0.3 is 0 Å². The van der Waals surface area contributed by atoms with Gasteiger partial charge in [-0.05, 0) is 12.1 Å². The van der Waals surface area contributed by atoms with Gasteiger partial charge in [-0.15, -0.1) is 11.6 Å². The number of alkyl halides is 1.